The molecule has 0 saturated heterocycles. The smallest absolute Gasteiger partial charge is 0.175 e. The second-order valence-electron chi connectivity index (χ2n) is 6.41. The summed E-state index contributed by atoms with van der Waals surface area (Å²) in [5.41, 5.74) is 4.68. The number of aryl methyl sites for hydroxylation is 1. The first-order chi connectivity index (χ1) is 13.2. The van der Waals surface area contributed by atoms with Gasteiger partial charge in [0.15, 0.2) is 10.9 Å². The second-order valence-corrected chi connectivity index (χ2v) is 7.35. The number of ketones is 1. The largest absolute Gasteiger partial charge is 0.383 e. The maximum absolute atomic E-state index is 13.0. The predicted octanol–water partition coefficient (Wildman–Crippen LogP) is 4.45. The molecule has 0 aliphatic carbocycles. The summed E-state index contributed by atoms with van der Waals surface area (Å²) < 4.78 is 7.36. The molecule has 0 fully saturated rings. The molecule has 2 aromatic carbocycles. The monoisotopic (exact) mass is 379 g/mol. The van der Waals surface area contributed by atoms with Gasteiger partial charge in [-0.3, -0.25) is 4.79 Å². The normalized spacial score (nSPS) is 11.5. The molecular weight excluding hydrogens is 358 g/mol. The van der Waals surface area contributed by atoms with E-state index in [1.807, 2.05) is 55.5 Å². The third-order valence-electron chi connectivity index (χ3n) is 4.64. The number of fused-ring (bicyclic) bond motifs is 2. The second kappa shape index (κ2) is 7.58. The van der Waals surface area contributed by atoms with Crippen molar-refractivity contribution in [2.45, 2.75) is 18.6 Å². The van der Waals surface area contributed by atoms with Crippen LogP contribution in [-0.4, -0.2) is 39.8 Å². The number of methoxy groups -OCH3 is 1. The van der Waals surface area contributed by atoms with Crippen LogP contribution < -0.4 is 0 Å². The fourth-order valence-corrected chi connectivity index (χ4v) is 4.31. The van der Waals surface area contributed by atoms with E-state index in [1.54, 1.807) is 7.11 Å². The lowest BCUT2D eigenvalue weighted by atomic mass is 10.1. The van der Waals surface area contributed by atoms with Gasteiger partial charge in [-0.05, 0) is 25.1 Å². The lowest BCUT2D eigenvalue weighted by Crippen LogP contribution is -2.08. The van der Waals surface area contributed by atoms with Crippen molar-refractivity contribution < 1.29 is 9.53 Å². The number of ether oxygens (including phenoxy) is 1. The molecule has 2 aromatic heterocycles. The summed E-state index contributed by atoms with van der Waals surface area (Å²) in [6.07, 6.45) is 0. The van der Waals surface area contributed by atoms with E-state index in [0.29, 0.717) is 18.9 Å². The molecule has 138 valence electrons. The summed E-state index contributed by atoms with van der Waals surface area (Å²) in [7, 11) is 1.69. The van der Waals surface area contributed by atoms with Gasteiger partial charge in [-0.1, -0.05) is 42.1 Å². The summed E-state index contributed by atoms with van der Waals surface area (Å²) in [4.78, 5) is 21.0. The molecule has 0 aliphatic heterocycles. The van der Waals surface area contributed by atoms with Crippen molar-refractivity contribution in [3.63, 3.8) is 0 Å². The average molecular weight is 379 g/mol. The Kier molecular flexibility index (Phi) is 5.01. The van der Waals surface area contributed by atoms with E-state index in [2.05, 4.69) is 9.55 Å². The highest BCUT2D eigenvalue weighted by Crippen LogP contribution is 2.27. The van der Waals surface area contributed by atoms with Crippen LogP contribution in [0.1, 0.15) is 16.1 Å². The molecule has 0 radical (unpaired) electrons. The Bertz CT molecular complexity index is 1110. The van der Waals surface area contributed by atoms with Crippen molar-refractivity contribution in [2.24, 2.45) is 0 Å². The van der Waals surface area contributed by atoms with Crippen LogP contribution in [0, 0.1) is 6.92 Å². The summed E-state index contributed by atoms with van der Waals surface area (Å²) in [6.45, 7) is 3.26. The van der Waals surface area contributed by atoms with E-state index in [9.17, 15) is 4.79 Å². The van der Waals surface area contributed by atoms with Gasteiger partial charge in [0.2, 0.25) is 0 Å². The van der Waals surface area contributed by atoms with E-state index in [4.69, 9.17) is 9.72 Å². The maximum atomic E-state index is 13.0. The summed E-state index contributed by atoms with van der Waals surface area (Å²) in [6, 6.07) is 15.9. The van der Waals surface area contributed by atoms with Crippen LogP contribution in [0.5, 0.6) is 0 Å². The molecule has 0 amide bonds. The van der Waals surface area contributed by atoms with E-state index in [1.165, 1.54) is 11.8 Å². The Hall–Kier alpha value is -2.57. The molecule has 2 heterocycles. The van der Waals surface area contributed by atoms with Crippen LogP contribution in [0.25, 0.3) is 21.9 Å². The minimum absolute atomic E-state index is 0.111. The lowest BCUT2D eigenvalue weighted by Gasteiger charge is -2.08. The van der Waals surface area contributed by atoms with Crippen molar-refractivity contribution in [2.75, 3.05) is 19.5 Å². The number of nitrogens with zero attached hydrogens (tertiary/aromatic N) is 2. The molecule has 27 heavy (non-hydrogen) atoms. The number of imidazole rings is 1. The molecule has 0 atom stereocenters. The molecule has 6 heteroatoms. The highest BCUT2D eigenvalue weighted by molar-refractivity contribution is 7.99. The first-order valence-corrected chi connectivity index (χ1v) is 9.85. The Morgan fingerprint density at radius 3 is 2.81 bits per heavy atom. The van der Waals surface area contributed by atoms with Crippen molar-refractivity contribution in [1.82, 2.24) is 14.5 Å². The first-order valence-electron chi connectivity index (χ1n) is 8.86. The quantitative estimate of drug-likeness (QED) is 0.381. The molecule has 4 aromatic rings. The number of thioether (sulfide) groups is 1. The molecule has 5 nitrogen and oxygen atoms in total. The minimum Gasteiger partial charge on any atom is -0.383 e. The number of hydrogen-bond acceptors (Lipinski definition) is 4. The third kappa shape index (κ3) is 3.38. The number of H-pyrrole nitrogens is 1. The molecule has 0 bridgehead atoms. The van der Waals surface area contributed by atoms with Crippen molar-refractivity contribution in [3.8, 4) is 0 Å². The zero-order chi connectivity index (χ0) is 18.8. The number of aromatic amines is 1. The molecule has 0 spiro atoms. The number of benzene rings is 2. The fourth-order valence-electron chi connectivity index (χ4n) is 3.40. The van der Waals surface area contributed by atoms with Crippen molar-refractivity contribution in [1.29, 1.82) is 0 Å². The minimum atomic E-state index is 0.111. The van der Waals surface area contributed by atoms with Gasteiger partial charge in [0.05, 0.1) is 23.4 Å². The highest BCUT2D eigenvalue weighted by atomic mass is 32.2. The lowest BCUT2D eigenvalue weighted by molar-refractivity contribution is 0.102. The van der Waals surface area contributed by atoms with Gasteiger partial charge in [0.1, 0.15) is 0 Å². The molecule has 1 N–H and O–H groups in total. The maximum Gasteiger partial charge on any atom is 0.175 e. The zero-order valence-corrected chi connectivity index (χ0v) is 16.2. The van der Waals surface area contributed by atoms with Crippen LogP contribution in [0.4, 0.5) is 0 Å². The number of hydrogen-bond donors (Lipinski definition) is 1. The van der Waals surface area contributed by atoms with Crippen LogP contribution in [0.15, 0.2) is 53.7 Å². The topological polar surface area (TPSA) is 59.9 Å². The number of Topliss-reactive ketones (excluding diaryl/α,β-unsaturated/α-hetero) is 1. The summed E-state index contributed by atoms with van der Waals surface area (Å²) in [5, 5.41) is 1.83. The van der Waals surface area contributed by atoms with Crippen LogP contribution >= 0.6 is 11.8 Å². The Morgan fingerprint density at radius 2 is 1.96 bits per heavy atom. The van der Waals surface area contributed by atoms with Crippen molar-refractivity contribution >= 4 is 39.5 Å². The van der Waals surface area contributed by atoms with Crippen LogP contribution in [0.3, 0.4) is 0 Å². The number of aromatic nitrogens is 3. The van der Waals surface area contributed by atoms with Gasteiger partial charge in [-0.2, -0.15) is 0 Å². The summed E-state index contributed by atoms with van der Waals surface area (Å²) in [5.74, 6) is 0.458. The fraction of sp³-hybridized carbons (Fsp3) is 0.238. The molecule has 0 saturated carbocycles. The van der Waals surface area contributed by atoms with E-state index in [0.717, 1.165) is 38.4 Å². The molecule has 0 unspecified atom stereocenters. The average Bonchev–Trinajstić information content (AvgIpc) is 3.20. The Balaban J connectivity index is 1.61. The van der Waals surface area contributed by atoms with Gasteiger partial charge in [-0.15, -0.1) is 0 Å². The zero-order valence-electron chi connectivity index (χ0n) is 15.4. The van der Waals surface area contributed by atoms with E-state index >= 15 is 0 Å². The van der Waals surface area contributed by atoms with Gasteiger partial charge >= 0.3 is 0 Å². The van der Waals surface area contributed by atoms with Gasteiger partial charge in [0, 0.05) is 35.8 Å². The third-order valence-corrected chi connectivity index (χ3v) is 5.62. The number of para-hydroxylation sites is 3. The SMILES string of the molecule is COCCn1c(SCC(=O)c2c(C)[nH]c3ccccc23)nc2ccccc21. The van der Waals surface area contributed by atoms with Gasteiger partial charge in [0.25, 0.3) is 0 Å². The van der Waals surface area contributed by atoms with Crippen molar-refractivity contribution in [3.05, 3.63) is 59.8 Å². The first kappa shape index (κ1) is 17.8. The molecule has 4 rings (SSSR count). The number of nitrogens with one attached hydrogen (secondary N) is 1. The van der Waals surface area contributed by atoms with Gasteiger partial charge in [-0.25, -0.2) is 4.98 Å². The Morgan fingerprint density at radius 1 is 1.19 bits per heavy atom. The van der Waals surface area contributed by atoms with Crippen LogP contribution in [-0.2, 0) is 11.3 Å². The summed E-state index contributed by atoms with van der Waals surface area (Å²) >= 11 is 1.48. The standard InChI is InChI=1S/C21H21N3O2S/c1-14-20(15-7-3-4-8-16(15)22-14)19(25)13-27-21-23-17-9-5-6-10-18(17)24(21)11-12-26-2/h3-10,22H,11-13H2,1-2H3. The number of carbonyl (C=O) groups excluding carboxylic acids is 1. The predicted molar refractivity (Wildman–Crippen MR) is 110 cm³/mol. The van der Waals surface area contributed by atoms with E-state index in [-0.39, 0.29) is 5.78 Å². The molecular formula is C21H21N3O2S. The number of rotatable bonds is 7. The van der Waals surface area contributed by atoms with E-state index < -0.39 is 0 Å². The van der Waals surface area contributed by atoms with Crippen LogP contribution in [0.2, 0.25) is 0 Å². The highest BCUT2D eigenvalue weighted by Gasteiger charge is 2.18. The number of carbonyl (C=O) groups is 1. The Labute approximate surface area is 161 Å². The molecule has 0 aliphatic rings. The van der Waals surface area contributed by atoms with Gasteiger partial charge < -0.3 is 14.3 Å².